The SMILES string of the molecule is CC(C)(C)[N]=[Ta].CC1CC[CH-]CC1.CC1CC[CH-]CC1.[CH2-]CC. The van der Waals surface area contributed by atoms with Crippen molar-refractivity contribution in [2.75, 3.05) is 0 Å². The first kappa shape index (κ1) is 25.8. The molecule has 2 fully saturated rings. The molecule has 0 aromatic heterocycles. The molecule has 0 atom stereocenters. The van der Waals surface area contributed by atoms with Crippen molar-refractivity contribution in [3.05, 3.63) is 19.8 Å². The van der Waals surface area contributed by atoms with E-state index in [0.29, 0.717) is 0 Å². The third kappa shape index (κ3) is 24.9. The van der Waals surface area contributed by atoms with Crippen LogP contribution in [0.15, 0.2) is 3.34 Å². The van der Waals surface area contributed by atoms with Crippen LogP contribution >= 0.6 is 0 Å². The largest absolute Gasteiger partial charge is 0.344 e. The summed E-state index contributed by atoms with van der Waals surface area (Å²) in [5, 5.41) is 0. The molecule has 1 nitrogen and oxygen atoms in total. The van der Waals surface area contributed by atoms with E-state index in [4.69, 9.17) is 0 Å². The number of hydrogen-bond donors (Lipinski definition) is 0. The Balaban J connectivity index is 0. The van der Waals surface area contributed by atoms with Crippen molar-refractivity contribution in [2.45, 2.75) is 105 Å². The van der Waals surface area contributed by atoms with Crippen molar-refractivity contribution in [3.63, 3.8) is 0 Å². The molecule has 2 heteroatoms. The second-order valence-electron chi connectivity index (χ2n) is 7.87. The van der Waals surface area contributed by atoms with E-state index in [1.807, 2.05) is 6.92 Å². The Morgan fingerprint density at radius 3 is 1.22 bits per heavy atom. The van der Waals surface area contributed by atoms with Gasteiger partial charge in [0, 0.05) is 0 Å². The minimum Gasteiger partial charge on any atom is -0.344 e. The monoisotopic (exact) mass is 489 g/mol. The molecule has 23 heavy (non-hydrogen) atoms. The van der Waals surface area contributed by atoms with Crippen molar-refractivity contribution in [1.29, 1.82) is 0 Å². The predicted octanol–water partition coefficient (Wildman–Crippen LogP) is 7.55. The Morgan fingerprint density at radius 2 is 1.13 bits per heavy atom. The van der Waals surface area contributed by atoms with E-state index in [-0.39, 0.29) is 5.54 Å². The molecule has 2 aliphatic carbocycles. The molecular formula is C21H42NTa-3. The van der Waals surface area contributed by atoms with Crippen molar-refractivity contribution in [2.24, 2.45) is 15.2 Å². The molecule has 0 aromatic carbocycles. The minimum absolute atomic E-state index is 0.216. The van der Waals surface area contributed by atoms with E-state index < -0.39 is 0 Å². The van der Waals surface area contributed by atoms with Gasteiger partial charge in [-0.3, -0.25) is 0 Å². The summed E-state index contributed by atoms with van der Waals surface area (Å²) in [6.07, 6.45) is 17.0. The maximum Gasteiger partial charge on any atom is -0.0491 e. The minimum atomic E-state index is 0.216. The average Bonchev–Trinajstić information content (AvgIpc) is 2.50. The van der Waals surface area contributed by atoms with E-state index in [0.717, 1.165) is 39.1 Å². The molecule has 2 saturated carbocycles. The van der Waals surface area contributed by atoms with Gasteiger partial charge in [-0.25, -0.2) is 0 Å². The summed E-state index contributed by atoms with van der Waals surface area (Å²) in [5.74, 6) is 2.01. The molecule has 0 aliphatic heterocycles. The number of rotatable bonds is 0. The fraction of sp³-hybridized carbons (Fsp3) is 0.857. The summed E-state index contributed by atoms with van der Waals surface area (Å²) < 4.78 is 4.13. The molecule has 0 spiro atoms. The Bertz CT molecular complexity index is 217. The summed E-state index contributed by atoms with van der Waals surface area (Å²) >= 11 is 1.15. The zero-order valence-corrected chi connectivity index (χ0v) is 20.0. The first-order valence-corrected chi connectivity index (χ1v) is 11.0. The van der Waals surface area contributed by atoms with Crippen molar-refractivity contribution < 1.29 is 20.9 Å². The fourth-order valence-corrected chi connectivity index (χ4v) is 2.19. The van der Waals surface area contributed by atoms with Crippen molar-refractivity contribution >= 4 is 0 Å². The Kier molecular flexibility index (Phi) is 19.5. The Labute approximate surface area is 160 Å². The van der Waals surface area contributed by atoms with Gasteiger partial charge in [0.1, 0.15) is 0 Å². The van der Waals surface area contributed by atoms with Gasteiger partial charge in [-0.2, -0.15) is 32.1 Å². The van der Waals surface area contributed by atoms with Crippen LogP contribution < -0.4 is 0 Å². The van der Waals surface area contributed by atoms with Crippen LogP contribution in [0.4, 0.5) is 0 Å². The summed E-state index contributed by atoms with van der Waals surface area (Å²) in [7, 11) is 0. The molecule has 0 heterocycles. The molecule has 2 rings (SSSR count). The molecule has 0 saturated heterocycles. The number of nitrogens with zero attached hydrogens (tertiary/aromatic N) is 1. The molecule has 0 N–H and O–H groups in total. The molecule has 139 valence electrons. The molecule has 0 unspecified atom stereocenters. The van der Waals surface area contributed by atoms with Gasteiger partial charge in [0.05, 0.1) is 0 Å². The summed E-state index contributed by atoms with van der Waals surface area (Å²) in [5.41, 5.74) is 0.216. The zero-order valence-electron chi connectivity index (χ0n) is 16.8. The van der Waals surface area contributed by atoms with E-state index in [2.05, 4.69) is 57.7 Å². The standard InChI is InChI=1S/2C7H13.C4H9N.C3H7.Ta/c2*1-7-5-3-2-4-6-7;1-4(2,3)5;1-3-2;/h2*2,7H,3-6H2,1H3;1-3H3;1,3H2,2H3;/q2*-1;;-1;. The first-order chi connectivity index (χ1) is 10.8. The average molecular weight is 490 g/mol. The van der Waals surface area contributed by atoms with Crippen LogP contribution in [0.25, 0.3) is 0 Å². The van der Waals surface area contributed by atoms with Crippen LogP contribution in [0.3, 0.4) is 0 Å². The van der Waals surface area contributed by atoms with Crippen molar-refractivity contribution in [3.8, 4) is 0 Å². The van der Waals surface area contributed by atoms with E-state index in [1.165, 1.54) is 51.4 Å². The predicted molar refractivity (Wildman–Crippen MR) is 102 cm³/mol. The second-order valence-corrected chi connectivity index (χ2v) is 8.59. The first-order valence-electron chi connectivity index (χ1n) is 9.55. The van der Waals surface area contributed by atoms with Gasteiger partial charge in [-0.15, -0.1) is 0 Å². The van der Waals surface area contributed by atoms with Crippen LogP contribution in [0.1, 0.15) is 99.3 Å². The molecule has 0 radical (unpaired) electrons. The maximum atomic E-state index is 4.13. The van der Waals surface area contributed by atoms with Gasteiger partial charge >= 0.3 is 50.5 Å². The third-order valence-electron chi connectivity index (χ3n) is 3.75. The van der Waals surface area contributed by atoms with Gasteiger partial charge in [-0.1, -0.05) is 46.5 Å². The fourth-order valence-electron chi connectivity index (χ4n) is 2.19. The van der Waals surface area contributed by atoms with Crippen LogP contribution in [0, 0.1) is 31.6 Å². The molecule has 0 aromatic rings. The smallest absolute Gasteiger partial charge is 0.0491 e. The zero-order chi connectivity index (χ0) is 18.1. The van der Waals surface area contributed by atoms with Crippen LogP contribution in [0.2, 0.25) is 0 Å². The summed E-state index contributed by atoms with van der Waals surface area (Å²) in [6.45, 7) is 16.5. The van der Waals surface area contributed by atoms with Crippen LogP contribution in [-0.2, 0) is 20.9 Å². The van der Waals surface area contributed by atoms with E-state index >= 15 is 0 Å². The third-order valence-corrected chi connectivity index (χ3v) is 5.91. The van der Waals surface area contributed by atoms with Crippen LogP contribution in [0.5, 0.6) is 0 Å². The number of hydrogen-bond acceptors (Lipinski definition) is 1. The van der Waals surface area contributed by atoms with Gasteiger partial charge in [0.2, 0.25) is 0 Å². The normalized spacial score (nSPS) is 19.0. The summed E-state index contributed by atoms with van der Waals surface area (Å²) in [4.78, 5) is 0. The van der Waals surface area contributed by atoms with Gasteiger partial charge in [0.15, 0.2) is 0 Å². The molecular weight excluding hydrogens is 447 g/mol. The van der Waals surface area contributed by atoms with Crippen molar-refractivity contribution in [1.82, 2.24) is 0 Å². The second kappa shape index (κ2) is 17.4. The van der Waals surface area contributed by atoms with Gasteiger partial charge < -0.3 is 19.8 Å². The van der Waals surface area contributed by atoms with E-state index in [9.17, 15) is 0 Å². The van der Waals surface area contributed by atoms with Gasteiger partial charge in [-0.05, 0) is 11.8 Å². The quantitative estimate of drug-likeness (QED) is 0.312. The molecule has 0 amide bonds. The molecule has 2 aliphatic rings. The Hall–Kier alpha value is 0.540. The Morgan fingerprint density at radius 1 is 0.913 bits per heavy atom. The van der Waals surface area contributed by atoms with Gasteiger partial charge in [0.25, 0.3) is 0 Å². The van der Waals surface area contributed by atoms with E-state index in [1.54, 1.807) is 0 Å². The van der Waals surface area contributed by atoms with Crippen LogP contribution in [-0.4, -0.2) is 5.54 Å². The topological polar surface area (TPSA) is 12.4 Å². The summed E-state index contributed by atoms with van der Waals surface area (Å²) in [6, 6.07) is 0. The molecule has 0 bridgehead atoms. The maximum absolute atomic E-state index is 4.13.